The van der Waals surface area contributed by atoms with Crippen LogP contribution in [-0.2, 0) is 23.9 Å². The number of ether oxygens (including phenoxy) is 4. The van der Waals surface area contributed by atoms with Gasteiger partial charge < -0.3 is 24.1 Å². The summed E-state index contributed by atoms with van der Waals surface area (Å²) in [5.41, 5.74) is -1.19. The lowest BCUT2D eigenvalue weighted by atomic mass is 9.61. The third-order valence-electron chi connectivity index (χ3n) is 4.96. The molecule has 0 amide bonds. The number of ketones is 1. The van der Waals surface area contributed by atoms with E-state index in [1.165, 1.54) is 21.1 Å². The molecule has 0 aromatic heterocycles. The number of Topliss-reactive ketones (excluding diaryl/α,β-unsaturated/α-hetero) is 1. The Morgan fingerprint density at radius 2 is 1.81 bits per heavy atom. The van der Waals surface area contributed by atoms with Crippen LogP contribution < -0.4 is 9.47 Å². The summed E-state index contributed by atoms with van der Waals surface area (Å²) in [6.07, 6.45) is -0.354. The van der Waals surface area contributed by atoms with Gasteiger partial charge in [0.25, 0.3) is 0 Å². The van der Waals surface area contributed by atoms with E-state index in [1.807, 2.05) is 0 Å². The molecule has 1 N–H and O–H groups in total. The quantitative estimate of drug-likeness (QED) is 0.620. The molecule has 140 valence electrons. The van der Waals surface area contributed by atoms with Crippen LogP contribution in [0.2, 0.25) is 0 Å². The van der Waals surface area contributed by atoms with E-state index in [1.54, 1.807) is 18.2 Å². The van der Waals surface area contributed by atoms with Crippen LogP contribution in [0.4, 0.5) is 0 Å². The molecule has 1 aliphatic heterocycles. The maximum Gasteiger partial charge on any atom is 0.316 e. The largest absolute Gasteiger partial charge is 0.469 e. The monoisotopic (exact) mass is 364 g/mol. The van der Waals surface area contributed by atoms with Crippen molar-refractivity contribution in [2.45, 2.75) is 24.9 Å². The summed E-state index contributed by atoms with van der Waals surface area (Å²) in [6, 6.07) is 4.88. The number of aliphatic hydroxyl groups is 1. The summed E-state index contributed by atoms with van der Waals surface area (Å²) in [7, 11) is 2.37. The Morgan fingerprint density at radius 1 is 1.15 bits per heavy atom. The normalized spacial score (nSPS) is 30.0. The van der Waals surface area contributed by atoms with Crippen molar-refractivity contribution in [1.82, 2.24) is 0 Å². The second-order valence-corrected chi connectivity index (χ2v) is 6.64. The molecule has 1 heterocycles. The van der Waals surface area contributed by atoms with Crippen LogP contribution in [0.1, 0.15) is 24.8 Å². The molecule has 3 rings (SSSR count). The predicted octanol–water partition coefficient (Wildman–Crippen LogP) is 0.801. The van der Waals surface area contributed by atoms with Gasteiger partial charge in [-0.15, -0.1) is 0 Å². The first-order valence-electron chi connectivity index (χ1n) is 8.10. The fraction of sp³-hybridized carbons (Fsp3) is 0.500. The Balaban J connectivity index is 2.15. The van der Waals surface area contributed by atoms with Crippen molar-refractivity contribution in [3.63, 3.8) is 0 Å². The van der Waals surface area contributed by atoms with E-state index < -0.39 is 41.1 Å². The van der Waals surface area contributed by atoms with Gasteiger partial charge in [0.2, 0.25) is 6.79 Å². The summed E-state index contributed by atoms with van der Waals surface area (Å²) < 4.78 is 20.3. The van der Waals surface area contributed by atoms with Crippen LogP contribution in [0.5, 0.6) is 11.5 Å². The number of fused-ring (bicyclic) bond motifs is 1. The molecule has 1 aromatic carbocycles. The zero-order valence-electron chi connectivity index (χ0n) is 14.7. The number of carbonyl (C=O) groups is 3. The van der Waals surface area contributed by atoms with Crippen LogP contribution in [0.25, 0.3) is 0 Å². The Hall–Kier alpha value is -2.61. The van der Waals surface area contributed by atoms with Crippen LogP contribution in [-0.4, -0.2) is 49.4 Å². The Kier molecular flexibility index (Phi) is 4.62. The molecule has 26 heavy (non-hydrogen) atoms. The maximum absolute atomic E-state index is 12.6. The average Bonchev–Trinajstić information content (AvgIpc) is 3.06. The van der Waals surface area contributed by atoms with Crippen LogP contribution >= 0.6 is 0 Å². The minimum atomic E-state index is -1.67. The maximum atomic E-state index is 12.6. The van der Waals surface area contributed by atoms with E-state index >= 15 is 0 Å². The van der Waals surface area contributed by atoms with Gasteiger partial charge in [0, 0.05) is 12.3 Å². The highest BCUT2D eigenvalue weighted by Crippen LogP contribution is 2.48. The molecule has 0 radical (unpaired) electrons. The fourth-order valence-corrected chi connectivity index (χ4v) is 3.79. The molecule has 1 aliphatic carbocycles. The van der Waals surface area contributed by atoms with Crippen LogP contribution in [0, 0.1) is 11.8 Å². The highest BCUT2D eigenvalue weighted by atomic mass is 16.7. The minimum Gasteiger partial charge on any atom is -0.469 e. The van der Waals surface area contributed by atoms with Gasteiger partial charge in [-0.05, 0) is 24.6 Å². The zero-order chi connectivity index (χ0) is 19.1. The van der Waals surface area contributed by atoms with Gasteiger partial charge in [0.05, 0.1) is 25.7 Å². The van der Waals surface area contributed by atoms with Crippen LogP contribution in [0.15, 0.2) is 18.2 Å². The lowest BCUT2D eigenvalue weighted by Crippen LogP contribution is -2.55. The van der Waals surface area contributed by atoms with Crippen LogP contribution in [0.3, 0.4) is 0 Å². The Morgan fingerprint density at radius 3 is 2.46 bits per heavy atom. The molecule has 2 aliphatic rings. The SMILES string of the molecule is COC(=O)[C@@H]1C(=O)C[C@](C)(O)[C@@H](C(=O)OC)[C@@H]1c1ccc2c(c1)OCO2. The van der Waals surface area contributed by atoms with Gasteiger partial charge in [-0.25, -0.2) is 0 Å². The number of carbonyl (C=O) groups excluding carboxylic acids is 3. The van der Waals surface area contributed by atoms with E-state index in [2.05, 4.69) is 0 Å². The predicted molar refractivity (Wildman–Crippen MR) is 86.6 cm³/mol. The van der Waals surface area contributed by atoms with E-state index in [4.69, 9.17) is 18.9 Å². The highest BCUT2D eigenvalue weighted by Gasteiger charge is 2.57. The van der Waals surface area contributed by atoms with E-state index in [0.29, 0.717) is 17.1 Å². The first kappa shape index (κ1) is 18.2. The third-order valence-corrected chi connectivity index (χ3v) is 4.96. The number of hydrogen-bond acceptors (Lipinski definition) is 8. The lowest BCUT2D eigenvalue weighted by molar-refractivity contribution is -0.170. The van der Waals surface area contributed by atoms with Crippen molar-refractivity contribution in [2.24, 2.45) is 11.8 Å². The van der Waals surface area contributed by atoms with Gasteiger partial charge in [0.1, 0.15) is 5.92 Å². The average molecular weight is 364 g/mol. The number of methoxy groups -OCH3 is 2. The molecular weight excluding hydrogens is 344 g/mol. The lowest BCUT2D eigenvalue weighted by Gasteiger charge is -2.43. The highest BCUT2D eigenvalue weighted by molar-refractivity contribution is 6.02. The van der Waals surface area contributed by atoms with Gasteiger partial charge >= 0.3 is 11.9 Å². The summed E-state index contributed by atoms with van der Waals surface area (Å²) in [4.78, 5) is 37.4. The van der Waals surface area contributed by atoms with Gasteiger partial charge in [-0.2, -0.15) is 0 Å². The number of benzene rings is 1. The zero-order valence-corrected chi connectivity index (χ0v) is 14.7. The molecule has 0 bridgehead atoms. The smallest absolute Gasteiger partial charge is 0.316 e. The minimum absolute atomic E-state index is 0.0565. The van der Waals surface area contributed by atoms with Crippen molar-refractivity contribution < 1.29 is 38.4 Å². The van der Waals surface area contributed by atoms with E-state index in [-0.39, 0.29) is 13.2 Å². The molecule has 8 heteroatoms. The summed E-state index contributed by atoms with van der Waals surface area (Å²) in [5, 5.41) is 10.8. The van der Waals surface area contributed by atoms with Crippen molar-refractivity contribution >= 4 is 17.7 Å². The molecule has 1 fully saturated rings. The molecule has 4 atom stereocenters. The van der Waals surface area contributed by atoms with Crippen molar-refractivity contribution in [3.05, 3.63) is 23.8 Å². The standard InChI is InChI=1S/C18H20O8/c1-18(22)7-10(19)14(16(20)23-2)13(15(18)17(21)24-3)9-4-5-11-12(6-9)26-8-25-11/h4-6,13-15,22H,7-8H2,1-3H3/t13-,14-,15-,18+/m1/s1. The van der Waals surface area contributed by atoms with Gasteiger partial charge in [-0.1, -0.05) is 6.07 Å². The van der Waals surface area contributed by atoms with E-state index in [9.17, 15) is 19.5 Å². The first-order valence-corrected chi connectivity index (χ1v) is 8.10. The Labute approximate surface area is 150 Å². The topological polar surface area (TPSA) is 108 Å². The number of esters is 2. The third kappa shape index (κ3) is 2.90. The molecule has 0 unspecified atom stereocenters. The van der Waals surface area contributed by atoms with Crippen molar-refractivity contribution in [2.75, 3.05) is 21.0 Å². The molecule has 1 saturated carbocycles. The Bertz CT molecular complexity index is 754. The number of rotatable bonds is 3. The first-order chi connectivity index (χ1) is 12.3. The molecule has 0 spiro atoms. The molecule has 1 aromatic rings. The van der Waals surface area contributed by atoms with E-state index in [0.717, 1.165) is 0 Å². The second kappa shape index (κ2) is 6.60. The molecular formula is C18H20O8. The second-order valence-electron chi connectivity index (χ2n) is 6.64. The van der Waals surface area contributed by atoms with Crippen molar-refractivity contribution in [3.8, 4) is 11.5 Å². The summed E-state index contributed by atoms with van der Waals surface area (Å²) in [6.45, 7) is 1.45. The fourth-order valence-electron chi connectivity index (χ4n) is 3.79. The van der Waals surface area contributed by atoms with Gasteiger partial charge in [-0.3, -0.25) is 14.4 Å². The van der Waals surface area contributed by atoms with Crippen molar-refractivity contribution in [1.29, 1.82) is 0 Å². The summed E-state index contributed by atoms with van der Waals surface area (Å²) in [5.74, 6) is -4.33. The summed E-state index contributed by atoms with van der Waals surface area (Å²) >= 11 is 0. The number of hydrogen-bond donors (Lipinski definition) is 1. The van der Waals surface area contributed by atoms with Gasteiger partial charge in [0.15, 0.2) is 17.3 Å². The molecule has 8 nitrogen and oxygen atoms in total. The molecule has 0 saturated heterocycles.